The molecule has 7 heteroatoms. The van der Waals surface area contributed by atoms with Crippen LogP contribution in [-0.4, -0.2) is 26.6 Å². The number of ether oxygens (including phenoxy) is 1. The van der Waals surface area contributed by atoms with Gasteiger partial charge in [-0.2, -0.15) is 0 Å². The first-order chi connectivity index (χ1) is 11.9. The van der Waals surface area contributed by atoms with E-state index in [1.807, 2.05) is 31.2 Å². The second kappa shape index (κ2) is 8.73. The minimum absolute atomic E-state index is 0.0365. The first-order valence-corrected chi connectivity index (χ1v) is 8.92. The lowest BCUT2D eigenvalue weighted by Gasteiger charge is -2.15. The summed E-state index contributed by atoms with van der Waals surface area (Å²) in [6.07, 6.45) is 0.896. The van der Waals surface area contributed by atoms with Gasteiger partial charge >= 0.3 is 6.09 Å². The quantitative estimate of drug-likeness (QED) is 0.783. The molecule has 1 aromatic heterocycles. The van der Waals surface area contributed by atoms with Crippen molar-refractivity contribution in [3.8, 4) is 5.75 Å². The monoisotopic (exact) mass is 362 g/mol. The fourth-order valence-electron chi connectivity index (χ4n) is 2.03. The molecule has 25 heavy (non-hydrogen) atoms. The van der Waals surface area contributed by atoms with Crippen molar-refractivity contribution in [1.29, 1.82) is 0 Å². The number of rotatable bonds is 6. The molecule has 0 spiro atoms. The van der Waals surface area contributed by atoms with Crippen LogP contribution in [0.25, 0.3) is 0 Å². The van der Waals surface area contributed by atoms with E-state index in [4.69, 9.17) is 8.92 Å². The zero-order chi connectivity index (χ0) is 18.4. The third kappa shape index (κ3) is 5.65. The van der Waals surface area contributed by atoms with E-state index in [2.05, 4.69) is 18.8 Å². The number of hydrogen-bond acceptors (Lipinski definition) is 5. The number of aryl methyl sites for hydroxylation is 1. The van der Waals surface area contributed by atoms with Gasteiger partial charge in [-0.25, -0.2) is 13.3 Å². The fraction of sp³-hybridized carbons (Fsp3) is 0.333. The molecule has 1 unspecified atom stereocenters. The van der Waals surface area contributed by atoms with Crippen LogP contribution in [0.4, 0.5) is 4.79 Å². The molecule has 0 aliphatic carbocycles. The lowest BCUT2D eigenvalue weighted by molar-refractivity contribution is 0.181. The summed E-state index contributed by atoms with van der Waals surface area (Å²) in [5.74, 6) is 0.719. The Kier molecular flexibility index (Phi) is 6.66. The van der Waals surface area contributed by atoms with Gasteiger partial charge in [-0.1, -0.05) is 26.0 Å². The van der Waals surface area contributed by atoms with Crippen molar-refractivity contribution in [3.63, 3.8) is 0 Å². The summed E-state index contributed by atoms with van der Waals surface area (Å²) in [6, 6.07) is 10.9. The highest BCUT2D eigenvalue weighted by Crippen LogP contribution is 2.20. The van der Waals surface area contributed by atoms with Crippen molar-refractivity contribution in [2.75, 3.05) is 7.05 Å². The maximum Gasteiger partial charge on any atom is 0.428 e. The van der Waals surface area contributed by atoms with Gasteiger partial charge in [-0.3, -0.25) is 9.17 Å². The number of carbonyl (C=O) groups excluding carboxylic acids is 1. The lowest BCUT2D eigenvalue weighted by Crippen LogP contribution is -2.32. The Morgan fingerprint density at radius 1 is 1.28 bits per heavy atom. The summed E-state index contributed by atoms with van der Waals surface area (Å²) in [5.41, 5.74) is 2.72. The highest BCUT2D eigenvalue weighted by molar-refractivity contribution is 7.78. The molecule has 0 saturated heterocycles. The first kappa shape index (κ1) is 19.1. The van der Waals surface area contributed by atoms with E-state index in [1.165, 1.54) is 7.05 Å². The maximum absolute atomic E-state index is 12.1. The zero-order valence-corrected chi connectivity index (χ0v) is 15.6. The van der Waals surface area contributed by atoms with Gasteiger partial charge in [0, 0.05) is 13.2 Å². The molecule has 1 heterocycles. The number of amides is 1. The maximum atomic E-state index is 12.1. The van der Waals surface area contributed by atoms with Crippen molar-refractivity contribution in [3.05, 3.63) is 59.4 Å². The standard InChI is InChI=1S/C18H22N2O4S/c1-13(2)15-6-5-7-17(11-15)24-18(21)20(4)25(22)23-12-16-10-14(3)8-9-19-16/h5-11,13H,12H2,1-4H3. The van der Waals surface area contributed by atoms with Gasteiger partial charge in [0.15, 0.2) is 0 Å². The Balaban J connectivity index is 1.92. The molecule has 1 atom stereocenters. The first-order valence-electron chi connectivity index (χ1n) is 7.89. The molecule has 6 nitrogen and oxygen atoms in total. The molecular weight excluding hydrogens is 340 g/mol. The predicted octanol–water partition coefficient (Wildman–Crippen LogP) is 3.74. The van der Waals surface area contributed by atoms with Crippen LogP contribution in [0.3, 0.4) is 0 Å². The van der Waals surface area contributed by atoms with Crippen molar-refractivity contribution in [2.24, 2.45) is 0 Å². The van der Waals surface area contributed by atoms with Crippen LogP contribution < -0.4 is 4.74 Å². The summed E-state index contributed by atoms with van der Waals surface area (Å²) in [4.78, 5) is 16.2. The smallest absolute Gasteiger partial charge is 0.409 e. The molecule has 0 aliphatic heterocycles. The molecule has 0 bridgehead atoms. The molecule has 1 amide bonds. The van der Waals surface area contributed by atoms with Crippen molar-refractivity contribution in [1.82, 2.24) is 9.29 Å². The van der Waals surface area contributed by atoms with E-state index in [0.29, 0.717) is 17.4 Å². The number of carbonyl (C=O) groups is 1. The number of pyridine rings is 1. The summed E-state index contributed by atoms with van der Waals surface area (Å²) >= 11 is -1.97. The molecule has 0 N–H and O–H groups in total. The van der Waals surface area contributed by atoms with E-state index in [9.17, 15) is 9.00 Å². The molecule has 0 radical (unpaired) electrons. The van der Waals surface area contributed by atoms with E-state index in [1.54, 1.807) is 18.3 Å². The van der Waals surface area contributed by atoms with Crippen molar-refractivity contribution < 1.29 is 17.9 Å². The second-order valence-corrected chi connectivity index (χ2v) is 7.11. The van der Waals surface area contributed by atoms with Gasteiger partial charge in [-0.15, -0.1) is 0 Å². The Bertz CT molecular complexity index is 764. The second-order valence-electron chi connectivity index (χ2n) is 5.90. The molecule has 2 rings (SSSR count). The normalized spacial score (nSPS) is 12.0. The number of nitrogens with zero attached hydrogens (tertiary/aromatic N) is 2. The Morgan fingerprint density at radius 3 is 2.72 bits per heavy atom. The summed E-state index contributed by atoms with van der Waals surface area (Å²) in [6.45, 7) is 6.07. The van der Waals surface area contributed by atoms with E-state index in [0.717, 1.165) is 15.4 Å². The predicted molar refractivity (Wildman–Crippen MR) is 96.2 cm³/mol. The number of hydrogen-bond donors (Lipinski definition) is 0. The average molecular weight is 362 g/mol. The van der Waals surface area contributed by atoms with Crippen molar-refractivity contribution in [2.45, 2.75) is 33.3 Å². The summed E-state index contributed by atoms with van der Waals surface area (Å²) in [5, 5.41) is 0. The third-order valence-corrected chi connectivity index (χ3v) is 4.41. The van der Waals surface area contributed by atoms with Crippen LogP contribution in [0.2, 0.25) is 0 Å². The Morgan fingerprint density at radius 2 is 2.04 bits per heavy atom. The van der Waals surface area contributed by atoms with E-state index < -0.39 is 17.4 Å². The van der Waals surface area contributed by atoms with Crippen molar-refractivity contribution >= 4 is 17.4 Å². The van der Waals surface area contributed by atoms with Gasteiger partial charge in [0.05, 0.1) is 5.69 Å². The topological polar surface area (TPSA) is 68.7 Å². The van der Waals surface area contributed by atoms with Crippen LogP contribution in [-0.2, 0) is 22.1 Å². The molecule has 134 valence electrons. The van der Waals surface area contributed by atoms with Gasteiger partial charge in [-0.05, 0) is 48.2 Å². The minimum atomic E-state index is -1.97. The zero-order valence-electron chi connectivity index (χ0n) is 14.8. The molecule has 2 aromatic rings. The molecular formula is C18H22N2O4S. The number of benzene rings is 1. The highest BCUT2D eigenvalue weighted by Gasteiger charge is 2.19. The van der Waals surface area contributed by atoms with Crippen LogP contribution in [0, 0.1) is 6.92 Å². The van der Waals surface area contributed by atoms with Crippen LogP contribution in [0.5, 0.6) is 5.75 Å². The van der Waals surface area contributed by atoms with Crippen LogP contribution >= 0.6 is 0 Å². The summed E-state index contributed by atoms with van der Waals surface area (Å²) < 4.78 is 23.5. The van der Waals surface area contributed by atoms with Gasteiger partial charge in [0.1, 0.15) is 12.4 Å². The Labute approximate surface area is 150 Å². The third-order valence-electron chi connectivity index (χ3n) is 3.49. The molecule has 0 saturated carbocycles. The molecule has 0 fully saturated rings. The number of aromatic nitrogens is 1. The Hall–Kier alpha value is -2.25. The van der Waals surface area contributed by atoms with E-state index >= 15 is 0 Å². The lowest BCUT2D eigenvalue weighted by atomic mass is 10.0. The van der Waals surface area contributed by atoms with Gasteiger partial charge in [0.2, 0.25) is 0 Å². The highest BCUT2D eigenvalue weighted by atomic mass is 32.2. The van der Waals surface area contributed by atoms with E-state index in [-0.39, 0.29) is 6.61 Å². The average Bonchev–Trinajstić information content (AvgIpc) is 2.59. The largest absolute Gasteiger partial charge is 0.428 e. The van der Waals surface area contributed by atoms with Gasteiger partial charge < -0.3 is 4.74 Å². The summed E-state index contributed by atoms with van der Waals surface area (Å²) in [7, 11) is 1.36. The van der Waals surface area contributed by atoms with Crippen LogP contribution in [0.1, 0.15) is 36.6 Å². The van der Waals surface area contributed by atoms with Crippen LogP contribution in [0.15, 0.2) is 42.6 Å². The SMILES string of the molecule is Cc1ccnc(COS(=O)N(C)C(=O)Oc2cccc(C(C)C)c2)c1. The fourth-order valence-corrected chi connectivity index (χ4v) is 2.57. The molecule has 1 aromatic carbocycles. The molecule has 0 aliphatic rings. The minimum Gasteiger partial charge on any atom is -0.409 e. The van der Waals surface area contributed by atoms with Gasteiger partial charge in [0.25, 0.3) is 11.3 Å².